The van der Waals surface area contributed by atoms with Crippen LogP contribution in [-0.2, 0) is 34.2 Å². The quantitative estimate of drug-likeness (QED) is 0.178. The highest BCUT2D eigenvalue weighted by Gasteiger charge is 2.72. The number of oxazole rings is 1. The zero-order valence-corrected chi connectivity index (χ0v) is 30.1. The number of ether oxygens (including phenoxy) is 1. The van der Waals surface area contributed by atoms with Gasteiger partial charge >= 0.3 is 0 Å². The molecule has 1 amide bonds. The first-order valence-corrected chi connectivity index (χ1v) is 19.7. The van der Waals surface area contributed by atoms with Crippen LogP contribution in [0.2, 0.25) is 0 Å². The van der Waals surface area contributed by atoms with Gasteiger partial charge in [-0.15, -0.1) is 0 Å². The van der Waals surface area contributed by atoms with Crippen molar-refractivity contribution in [3.63, 3.8) is 0 Å². The molecule has 2 saturated carbocycles. The molecule has 9 heteroatoms. The molecule has 1 spiro atoms. The summed E-state index contributed by atoms with van der Waals surface area (Å²) in [5.41, 5.74) is 3.69. The molecule has 2 saturated heterocycles. The van der Waals surface area contributed by atoms with Crippen molar-refractivity contribution in [1.82, 2.24) is 14.2 Å². The summed E-state index contributed by atoms with van der Waals surface area (Å²) >= 11 is 0. The van der Waals surface area contributed by atoms with Crippen molar-refractivity contribution < 1.29 is 22.4 Å². The molecule has 1 aromatic heterocycles. The standard InChI is InChI=1S/C41H47N3O5S/c1-28-36(42-38(49-28)31-14-8-5-9-15-31)18-20-48-34-16-10-13-30(22-34)21-32-25-43(24-29-11-6-4-7-12-29)26-35(32)39(45)44-37-23-33-17-19-41(37,40(33,2)3)27-50(44,46)47/h4-16,22,32-33,35,37H,17-21,23-27H2,1-3H3/t32-,33?,35-,37?,41-/m0/s1. The van der Waals surface area contributed by atoms with E-state index >= 15 is 0 Å². The summed E-state index contributed by atoms with van der Waals surface area (Å²) in [6.07, 6.45) is 4.03. The number of carbonyl (C=O) groups excluding carboxylic acids is 1. The highest BCUT2D eigenvalue weighted by molar-refractivity contribution is 7.90. The second kappa shape index (κ2) is 12.7. The molecule has 3 aromatic carbocycles. The van der Waals surface area contributed by atoms with Gasteiger partial charge in [0.05, 0.1) is 30.0 Å². The van der Waals surface area contributed by atoms with Crippen LogP contribution in [0.15, 0.2) is 89.3 Å². The molecule has 4 aromatic rings. The normalized spacial score (nSPS) is 27.9. The predicted molar refractivity (Wildman–Crippen MR) is 193 cm³/mol. The number of nitrogens with zero attached hydrogens (tertiary/aromatic N) is 3. The van der Waals surface area contributed by atoms with E-state index in [2.05, 4.69) is 43.0 Å². The summed E-state index contributed by atoms with van der Waals surface area (Å²) in [6.45, 7) is 8.86. The van der Waals surface area contributed by atoms with E-state index in [0.717, 1.165) is 60.7 Å². The minimum atomic E-state index is -3.69. The maximum atomic E-state index is 14.6. The largest absolute Gasteiger partial charge is 0.493 e. The van der Waals surface area contributed by atoms with E-state index in [-0.39, 0.29) is 34.4 Å². The summed E-state index contributed by atoms with van der Waals surface area (Å²) < 4.78 is 41.3. The molecule has 0 radical (unpaired) electrons. The lowest BCUT2D eigenvalue weighted by Crippen LogP contribution is -2.47. The van der Waals surface area contributed by atoms with Crippen LogP contribution in [0.1, 0.15) is 55.7 Å². The number of carbonyl (C=O) groups is 1. The lowest BCUT2D eigenvalue weighted by atomic mass is 9.69. The Morgan fingerprint density at radius 2 is 1.72 bits per heavy atom. The van der Waals surface area contributed by atoms with Gasteiger partial charge in [0.25, 0.3) is 0 Å². The fraction of sp³-hybridized carbons (Fsp3) is 0.463. The Morgan fingerprint density at radius 1 is 0.980 bits per heavy atom. The van der Waals surface area contributed by atoms with Crippen LogP contribution in [0.5, 0.6) is 5.75 Å². The van der Waals surface area contributed by atoms with Gasteiger partial charge in [-0.1, -0.05) is 74.5 Å². The average Bonchev–Trinajstić information content (AvgIpc) is 3.84. The number of aryl methyl sites for hydroxylation is 1. The van der Waals surface area contributed by atoms with Gasteiger partial charge in [-0.3, -0.25) is 9.69 Å². The number of aromatic nitrogens is 1. The average molecular weight is 694 g/mol. The lowest BCUT2D eigenvalue weighted by molar-refractivity contribution is -0.134. The Morgan fingerprint density at radius 3 is 2.48 bits per heavy atom. The van der Waals surface area contributed by atoms with Crippen molar-refractivity contribution in [3.05, 3.63) is 108 Å². The zero-order chi connectivity index (χ0) is 34.7. The van der Waals surface area contributed by atoms with E-state index in [0.29, 0.717) is 37.8 Å². The topological polar surface area (TPSA) is 93.0 Å². The summed E-state index contributed by atoms with van der Waals surface area (Å²) in [5.74, 6) is 2.13. The zero-order valence-electron chi connectivity index (χ0n) is 29.3. The number of hydrogen-bond acceptors (Lipinski definition) is 7. The van der Waals surface area contributed by atoms with E-state index in [1.165, 1.54) is 9.87 Å². The Balaban J connectivity index is 0.987. The Bertz CT molecular complexity index is 1980. The third kappa shape index (κ3) is 5.76. The van der Waals surface area contributed by atoms with Crippen molar-refractivity contribution >= 4 is 15.9 Å². The molecule has 2 bridgehead atoms. The van der Waals surface area contributed by atoms with Gasteiger partial charge in [0.2, 0.25) is 21.8 Å². The molecule has 8 nitrogen and oxygen atoms in total. The summed E-state index contributed by atoms with van der Waals surface area (Å²) in [7, 11) is -3.69. The van der Waals surface area contributed by atoms with E-state index in [4.69, 9.17) is 14.1 Å². The second-order valence-electron chi connectivity index (χ2n) is 15.6. The van der Waals surface area contributed by atoms with Crippen LogP contribution >= 0.6 is 0 Å². The maximum absolute atomic E-state index is 14.6. The number of rotatable bonds is 10. The van der Waals surface area contributed by atoms with Crippen molar-refractivity contribution in [2.24, 2.45) is 28.6 Å². The second-order valence-corrected chi connectivity index (χ2v) is 17.5. The van der Waals surface area contributed by atoms with Crippen LogP contribution in [0.4, 0.5) is 0 Å². The molecule has 8 rings (SSSR count). The number of likely N-dealkylation sites (tertiary alicyclic amines) is 1. The van der Waals surface area contributed by atoms with E-state index in [1.54, 1.807) is 0 Å². The number of hydrogen-bond donors (Lipinski definition) is 0. The highest BCUT2D eigenvalue weighted by atomic mass is 32.2. The smallest absolute Gasteiger partial charge is 0.241 e. The van der Waals surface area contributed by atoms with Gasteiger partial charge < -0.3 is 9.15 Å². The van der Waals surface area contributed by atoms with Crippen LogP contribution in [0.3, 0.4) is 0 Å². The van der Waals surface area contributed by atoms with Crippen molar-refractivity contribution in [2.75, 3.05) is 25.4 Å². The number of benzene rings is 3. The Labute approximate surface area is 295 Å². The molecule has 0 N–H and O–H groups in total. The SMILES string of the molecule is Cc1oc(-c2ccccc2)nc1CCOc1cccc(C[C@H]2CN(Cc3ccccc3)C[C@@H]2C(=O)N2C3CC4CC[C@@]3(CS2(=O)=O)C4(C)C)c1. The fourth-order valence-electron chi connectivity index (χ4n) is 9.86. The molecule has 2 aliphatic heterocycles. The molecule has 2 aliphatic carbocycles. The molecular formula is C41H47N3O5S. The third-order valence-electron chi connectivity index (χ3n) is 12.6. The molecule has 2 unspecified atom stereocenters. The van der Waals surface area contributed by atoms with E-state index < -0.39 is 15.9 Å². The molecule has 4 aliphatic rings. The van der Waals surface area contributed by atoms with Crippen molar-refractivity contribution in [3.8, 4) is 17.2 Å². The van der Waals surface area contributed by atoms with Crippen LogP contribution < -0.4 is 4.74 Å². The number of sulfonamides is 1. The fourth-order valence-corrected chi connectivity index (χ4v) is 12.4. The van der Waals surface area contributed by atoms with Crippen molar-refractivity contribution in [1.29, 1.82) is 0 Å². The first kappa shape index (κ1) is 33.2. The molecule has 4 fully saturated rings. The molecular weight excluding hydrogens is 647 g/mol. The lowest BCUT2D eigenvalue weighted by Gasteiger charge is -2.37. The Kier molecular flexibility index (Phi) is 8.42. The van der Waals surface area contributed by atoms with Gasteiger partial charge in [-0.25, -0.2) is 17.7 Å². The first-order valence-electron chi connectivity index (χ1n) is 18.1. The van der Waals surface area contributed by atoms with Gasteiger partial charge in [0.15, 0.2) is 0 Å². The van der Waals surface area contributed by atoms with Crippen LogP contribution in [0.25, 0.3) is 11.5 Å². The van der Waals surface area contributed by atoms with Crippen molar-refractivity contribution in [2.45, 2.75) is 65.5 Å². The monoisotopic (exact) mass is 693 g/mol. The first-order chi connectivity index (χ1) is 24.0. The van der Waals surface area contributed by atoms with E-state index in [1.807, 2.05) is 67.6 Å². The van der Waals surface area contributed by atoms with Crippen LogP contribution in [-0.4, -0.2) is 60.0 Å². The number of amides is 1. The maximum Gasteiger partial charge on any atom is 0.241 e. The van der Waals surface area contributed by atoms with Gasteiger partial charge in [-0.2, -0.15) is 0 Å². The van der Waals surface area contributed by atoms with Gasteiger partial charge in [0.1, 0.15) is 11.5 Å². The minimum Gasteiger partial charge on any atom is -0.493 e. The molecule has 262 valence electrons. The highest BCUT2D eigenvalue weighted by Crippen LogP contribution is 2.70. The van der Waals surface area contributed by atoms with Gasteiger partial charge in [-0.05, 0) is 85.3 Å². The summed E-state index contributed by atoms with van der Waals surface area (Å²) in [4.78, 5) is 21.7. The van der Waals surface area contributed by atoms with E-state index in [9.17, 15) is 13.2 Å². The number of fused-ring (bicyclic) bond motifs is 1. The molecule has 5 atom stereocenters. The summed E-state index contributed by atoms with van der Waals surface area (Å²) in [6, 6.07) is 28.1. The summed E-state index contributed by atoms with van der Waals surface area (Å²) in [5, 5.41) is 0. The molecule has 3 heterocycles. The minimum absolute atomic E-state index is 0.0194. The predicted octanol–water partition coefficient (Wildman–Crippen LogP) is 6.93. The molecule has 50 heavy (non-hydrogen) atoms. The Hall–Kier alpha value is -3.95. The van der Waals surface area contributed by atoms with Crippen LogP contribution in [0, 0.1) is 35.5 Å². The third-order valence-corrected chi connectivity index (χ3v) is 14.5. The van der Waals surface area contributed by atoms with Gasteiger partial charge in [0, 0.05) is 37.0 Å².